The maximum Gasteiger partial charge on any atom is 0.258 e. The van der Waals surface area contributed by atoms with Crippen molar-refractivity contribution in [3.8, 4) is 0 Å². The van der Waals surface area contributed by atoms with Crippen LogP contribution in [0.4, 0.5) is 11.5 Å². The molecule has 0 aliphatic heterocycles. The minimum atomic E-state index is -0.213. The minimum absolute atomic E-state index is 0.213. The van der Waals surface area contributed by atoms with E-state index in [1.807, 2.05) is 18.2 Å². The normalized spacial score (nSPS) is 9.71. The van der Waals surface area contributed by atoms with Crippen LogP contribution in [0, 0.1) is 0 Å². The Kier molecular flexibility index (Phi) is 3.30. The number of nitrogens with zero attached hydrogens (tertiary/aromatic N) is 2. The lowest BCUT2D eigenvalue weighted by molar-refractivity contribution is 0.102. The summed E-state index contributed by atoms with van der Waals surface area (Å²) < 4.78 is 0. The van der Waals surface area contributed by atoms with E-state index < -0.39 is 0 Å². The van der Waals surface area contributed by atoms with Gasteiger partial charge in [0.05, 0.1) is 11.8 Å². The van der Waals surface area contributed by atoms with Gasteiger partial charge in [0.2, 0.25) is 0 Å². The molecule has 1 heterocycles. The van der Waals surface area contributed by atoms with Crippen LogP contribution >= 0.6 is 0 Å². The van der Waals surface area contributed by atoms with Crippen molar-refractivity contribution in [1.29, 1.82) is 0 Å². The van der Waals surface area contributed by atoms with E-state index in [0.29, 0.717) is 11.4 Å². The zero-order valence-electron chi connectivity index (χ0n) is 9.34. The fourth-order valence-corrected chi connectivity index (χ4v) is 1.45. The van der Waals surface area contributed by atoms with E-state index in [9.17, 15) is 4.79 Å². The Hall–Kier alpha value is -2.43. The van der Waals surface area contributed by atoms with Gasteiger partial charge in [0.15, 0.2) is 5.82 Å². The zero-order valence-corrected chi connectivity index (χ0v) is 9.34. The van der Waals surface area contributed by atoms with Gasteiger partial charge in [-0.15, -0.1) is 0 Å². The molecule has 0 saturated carbocycles. The number of carbonyl (C=O) groups is 1. The highest BCUT2D eigenvalue weighted by Crippen LogP contribution is 2.15. The Labute approximate surface area is 98.9 Å². The van der Waals surface area contributed by atoms with Gasteiger partial charge in [-0.05, 0) is 12.1 Å². The van der Waals surface area contributed by atoms with Crippen molar-refractivity contribution in [1.82, 2.24) is 9.97 Å². The Morgan fingerprint density at radius 2 is 2.06 bits per heavy atom. The zero-order chi connectivity index (χ0) is 12.1. The largest absolute Gasteiger partial charge is 0.387 e. The summed E-state index contributed by atoms with van der Waals surface area (Å²) in [6.45, 7) is 0. The first-order chi connectivity index (χ1) is 8.31. The fraction of sp³-hybridized carbons (Fsp3) is 0.0833. The molecule has 1 aromatic heterocycles. The lowest BCUT2D eigenvalue weighted by atomic mass is 10.1. The molecule has 1 amide bonds. The smallest absolute Gasteiger partial charge is 0.258 e. The third kappa shape index (κ3) is 2.57. The second-order valence-corrected chi connectivity index (χ2v) is 3.34. The molecule has 0 unspecified atom stereocenters. The van der Waals surface area contributed by atoms with Crippen LogP contribution < -0.4 is 10.6 Å². The van der Waals surface area contributed by atoms with Gasteiger partial charge >= 0.3 is 0 Å². The first-order valence-corrected chi connectivity index (χ1v) is 5.15. The topological polar surface area (TPSA) is 66.9 Å². The molecule has 5 heteroatoms. The second kappa shape index (κ2) is 5.07. The highest BCUT2D eigenvalue weighted by Gasteiger charge is 2.10. The predicted molar refractivity (Wildman–Crippen MR) is 66.0 cm³/mol. The van der Waals surface area contributed by atoms with E-state index in [1.165, 1.54) is 12.4 Å². The van der Waals surface area contributed by atoms with E-state index in [4.69, 9.17) is 0 Å². The predicted octanol–water partition coefficient (Wildman–Crippen LogP) is 1.77. The van der Waals surface area contributed by atoms with Gasteiger partial charge in [0.25, 0.3) is 5.91 Å². The summed E-state index contributed by atoms with van der Waals surface area (Å²) in [4.78, 5) is 19.8. The summed E-state index contributed by atoms with van der Waals surface area (Å²) in [5.74, 6) is 0.221. The van der Waals surface area contributed by atoms with E-state index in [-0.39, 0.29) is 5.91 Å². The molecule has 0 radical (unpaired) electrons. The van der Waals surface area contributed by atoms with E-state index in [0.717, 1.165) is 5.69 Å². The number of nitrogens with one attached hydrogen (secondary N) is 2. The number of para-hydroxylation sites is 1. The third-order valence-corrected chi connectivity index (χ3v) is 2.25. The second-order valence-electron chi connectivity index (χ2n) is 3.34. The summed E-state index contributed by atoms with van der Waals surface area (Å²) in [5.41, 5.74) is 1.34. The van der Waals surface area contributed by atoms with Crippen molar-refractivity contribution in [2.24, 2.45) is 0 Å². The molecule has 17 heavy (non-hydrogen) atoms. The summed E-state index contributed by atoms with van der Waals surface area (Å²) in [6.07, 6.45) is 4.58. The highest BCUT2D eigenvalue weighted by molar-refractivity contribution is 6.07. The Bertz CT molecular complexity index is 513. The molecule has 0 saturated heterocycles. The van der Waals surface area contributed by atoms with Crippen molar-refractivity contribution in [2.45, 2.75) is 0 Å². The van der Waals surface area contributed by atoms with Gasteiger partial charge in [0, 0.05) is 25.1 Å². The molecule has 0 aliphatic rings. The molecule has 86 valence electrons. The molecule has 2 N–H and O–H groups in total. The Morgan fingerprint density at radius 3 is 2.76 bits per heavy atom. The summed E-state index contributed by atoms with van der Waals surface area (Å²) in [5, 5.41) is 5.65. The lowest BCUT2D eigenvalue weighted by Crippen LogP contribution is -2.14. The van der Waals surface area contributed by atoms with Crippen molar-refractivity contribution in [2.75, 3.05) is 17.7 Å². The van der Waals surface area contributed by atoms with Gasteiger partial charge in [-0.25, -0.2) is 4.98 Å². The van der Waals surface area contributed by atoms with Crippen LogP contribution in [0.3, 0.4) is 0 Å². The van der Waals surface area contributed by atoms with Crippen molar-refractivity contribution in [3.05, 3.63) is 48.4 Å². The molecular weight excluding hydrogens is 216 g/mol. The van der Waals surface area contributed by atoms with Crippen LogP contribution in [0.1, 0.15) is 10.4 Å². The average Bonchev–Trinajstić information content (AvgIpc) is 2.40. The number of aromatic nitrogens is 2. The molecule has 1 aromatic carbocycles. The number of benzene rings is 1. The number of amides is 1. The van der Waals surface area contributed by atoms with Gasteiger partial charge < -0.3 is 10.6 Å². The van der Waals surface area contributed by atoms with E-state index >= 15 is 0 Å². The molecule has 5 nitrogen and oxygen atoms in total. The molecule has 0 bridgehead atoms. The number of rotatable bonds is 3. The van der Waals surface area contributed by atoms with Crippen molar-refractivity contribution >= 4 is 17.4 Å². The SMILES string of the molecule is CNc1ccccc1C(=O)Nc1cnccn1. The van der Waals surface area contributed by atoms with Crippen LogP contribution in [0.25, 0.3) is 0 Å². The monoisotopic (exact) mass is 228 g/mol. The van der Waals surface area contributed by atoms with Crippen LogP contribution in [0.2, 0.25) is 0 Å². The van der Waals surface area contributed by atoms with Gasteiger partial charge in [-0.1, -0.05) is 12.1 Å². The fourth-order valence-electron chi connectivity index (χ4n) is 1.45. The third-order valence-electron chi connectivity index (χ3n) is 2.25. The first-order valence-electron chi connectivity index (χ1n) is 5.15. The van der Waals surface area contributed by atoms with E-state index in [1.54, 1.807) is 19.3 Å². The van der Waals surface area contributed by atoms with Gasteiger partial charge in [-0.3, -0.25) is 9.78 Å². The molecule has 2 aromatic rings. The number of anilines is 2. The average molecular weight is 228 g/mol. The first kappa shape index (κ1) is 11.1. The number of carbonyl (C=O) groups excluding carboxylic acids is 1. The lowest BCUT2D eigenvalue weighted by Gasteiger charge is -2.08. The quantitative estimate of drug-likeness (QED) is 0.840. The maximum atomic E-state index is 12.0. The molecular formula is C12H12N4O. The van der Waals surface area contributed by atoms with Crippen LogP contribution in [0.5, 0.6) is 0 Å². The number of hydrogen-bond donors (Lipinski definition) is 2. The Morgan fingerprint density at radius 1 is 1.24 bits per heavy atom. The van der Waals surface area contributed by atoms with Gasteiger partial charge in [-0.2, -0.15) is 0 Å². The Balaban J connectivity index is 2.20. The molecule has 0 aliphatic carbocycles. The van der Waals surface area contributed by atoms with Crippen molar-refractivity contribution in [3.63, 3.8) is 0 Å². The van der Waals surface area contributed by atoms with Crippen LogP contribution in [0.15, 0.2) is 42.9 Å². The standard InChI is InChI=1S/C12H12N4O/c1-13-10-5-3-2-4-9(10)12(17)16-11-8-14-6-7-15-11/h2-8,13H,1H3,(H,15,16,17). The van der Waals surface area contributed by atoms with Crippen LogP contribution in [-0.4, -0.2) is 22.9 Å². The molecule has 0 fully saturated rings. The molecule has 2 rings (SSSR count). The minimum Gasteiger partial charge on any atom is -0.387 e. The summed E-state index contributed by atoms with van der Waals surface area (Å²) >= 11 is 0. The molecule has 0 spiro atoms. The summed E-state index contributed by atoms with van der Waals surface area (Å²) in [6, 6.07) is 7.26. The maximum absolute atomic E-state index is 12.0. The van der Waals surface area contributed by atoms with Gasteiger partial charge in [0.1, 0.15) is 0 Å². The highest BCUT2D eigenvalue weighted by atomic mass is 16.1. The van der Waals surface area contributed by atoms with E-state index in [2.05, 4.69) is 20.6 Å². The molecule has 0 atom stereocenters. The summed E-state index contributed by atoms with van der Waals surface area (Å²) in [7, 11) is 1.77. The number of hydrogen-bond acceptors (Lipinski definition) is 4. The van der Waals surface area contributed by atoms with Crippen LogP contribution in [-0.2, 0) is 0 Å². The van der Waals surface area contributed by atoms with Crippen molar-refractivity contribution < 1.29 is 4.79 Å².